The van der Waals surface area contributed by atoms with Crippen molar-refractivity contribution in [3.05, 3.63) is 11.6 Å². The van der Waals surface area contributed by atoms with E-state index in [1.165, 1.54) is 5.57 Å². The first-order chi connectivity index (χ1) is 11.7. The van der Waals surface area contributed by atoms with Crippen LogP contribution in [0.3, 0.4) is 0 Å². The second-order valence-electron chi connectivity index (χ2n) is 9.93. The molecule has 25 heavy (non-hydrogen) atoms. The lowest BCUT2D eigenvalue weighted by molar-refractivity contribution is -0.147. The Morgan fingerprint density at radius 2 is 2.00 bits per heavy atom. The normalized spacial score (nSPS) is 52.0. The van der Waals surface area contributed by atoms with Crippen molar-refractivity contribution in [2.24, 2.45) is 40.4 Å². The van der Waals surface area contributed by atoms with E-state index < -0.39 is 0 Å². The Morgan fingerprint density at radius 1 is 1.28 bits per heavy atom. The fourth-order valence-corrected chi connectivity index (χ4v) is 7.79. The van der Waals surface area contributed by atoms with E-state index in [-0.39, 0.29) is 34.6 Å². The Bertz CT molecular complexity index is 650. The van der Waals surface area contributed by atoms with Crippen LogP contribution in [0.1, 0.15) is 66.2 Å². The zero-order valence-electron chi connectivity index (χ0n) is 16.0. The van der Waals surface area contributed by atoms with Crippen molar-refractivity contribution in [2.45, 2.75) is 72.3 Å². The summed E-state index contributed by atoms with van der Waals surface area (Å²) in [6.45, 7) is 8.55. The molecular formula is C22H32O3. The number of aliphatic hydroxyl groups is 1. The Morgan fingerprint density at radius 3 is 2.68 bits per heavy atom. The molecule has 4 rings (SSSR count). The van der Waals surface area contributed by atoms with Crippen LogP contribution in [0.2, 0.25) is 0 Å². The minimum absolute atomic E-state index is 0.0474. The molecule has 4 aliphatic carbocycles. The molecule has 4 aliphatic rings. The van der Waals surface area contributed by atoms with Gasteiger partial charge in [-0.1, -0.05) is 26.3 Å². The Labute approximate surface area is 151 Å². The smallest absolute Gasteiger partial charge is 0.155 e. The molecule has 0 radical (unpaired) electrons. The van der Waals surface area contributed by atoms with E-state index in [1.807, 2.05) is 6.08 Å². The van der Waals surface area contributed by atoms with Gasteiger partial charge in [-0.3, -0.25) is 9.59 Å². The molecule has 138 valence electrons. The number of carbonyl (C=O) groups is 2. The third-order valence-corrected chi connectivity index (χ3v) is 8.70. The predicted octanol–water partition coefficient (Wildman–Crippen LogP) is 3.94. The summed E-state index contributed by atoms with van der Waals surface area (Å²) in [5.41, 5.74) is 1.19. The zero-order valence-corrected chi connectivity index (χ0v) is 16.0. The highest BCUT2D eigenvalue weighted by molar-refractivity contribution is 5.91. The minimum atomic E-state index is -0.361. The number of Topliss-reactive ketones (excluding diaryl/α,β-unsaturated/α-hetero) is 1. The van der Waals surface area contributed by atoms with Crippen LogP contribution in [-0.2, 0) is 9.59 Å². The summed E-state index contributed by atoms with van der Waals surface area (Å²) in [7, 11) is 0. The van der Waals surface area contributed by atoms with Crippen molar-refractivity contribution in [2.75, 3.05) is 0 Å². The maximum Gasteiger partial charge on any atom is 0.155 e. The van der Waals surface area contributed by atoms with Gasteiger partial charge in [0.05, 0.1) is 6.10 Å². The van der Waals surface area contributed by atoms with Gasteiger partial charge in [-0.2, -0.15) is 0 Å². The number of allylic oxidation sites excluding steroid dienone is 1. The average Bonchev–Trinajstić information content (AvgIpc) is 2.85. The molecule has 0 aromatic rings. The Balaban J connectivity index is 1.76. The van der Waals surface area contributed by atoms with Gasteiger partial charge in [-0.15, -0.1) is 0 Å². The standard InChI is InChI=1S/C22H32O3/c1-12-9-15-17-6-5-16(13(2)23)22(17,4)11-19(25)20(15)21(3)8-7-14(24)10-18(12)21/h10,12,15-17,19-20,25H,5-9,11H2,1-4H3/t12?,15-,16+,17-,19?,20+,21-,22+/m0/s1. The molecule has 3 fully saturated rings. The summed E-state index contributed by atoms with van der Waals surface area (Å²) in [4.78, 5) is 24.3. The van der Waals surface area contributed by atoms with Crippen LogP contribution in [0.5, 0.6) is 0 Å². The molecule has 0 saturated heterocycles. The fraction of sp³-hybridized carbons (Fsp3) is 0.818. The van der Waals surface area contributed by atoms with Crippen molar-refractivity contribution >= 4 is 11.6 Å². The lowest BCUT2D eigenvalue weighted by atomic mass is 9.44. The van der Waals surface area contributed by atoms with Crippen molar-refractivity contribution < 1.29 is 14.7 Å². The molecule has 0 aliphatic heterocycles. The average molecular weight is 344 g/mol. The van der Waals surface area contributed by atoms with Gasteiger partial charge in [-0.05, 0) is 79.6 Å². The van der Waals surface area contributed by atoms with E-state index in [2.05, 4.69) is 20.8 Å². The number of fused-ring (bicyclic) bond motifs is 5. The van der Waals surface area contributed by atoms with Crippen molar-refractivity contribution in [3.8, 4) is 0 Å². The predicted molar refractivity (Wildman–Crippen MR) is 96.8 cm³/mol. The fourth-order valence-electron chi connectivity index (χ4n) is 7.79. The molecule has 2 unspecified atom stereocenters. The maximum absolute atomic E-state index is 12.2. The molecule has 1 N–H and O–H groups in total. The largest absolute Gasteiger partial charge is 0.393 e. The number of hydrogen-bond acceptors (Lipinski definition) is 3. The molecule has 0 bridgehead atoms. The van der Waals surface area contributed by atoms with Gasteiger partial charge in [0.15, 0.2) is 5.78 Å². The topological polar surface area (TPSA) is 54.4 Å². The van der Waals surface area contributed by atoms with Gasteiger partial charge in [0.2, 0.25) is 0 Å². The molecule has 8 atom stereocenters. The van der Waals surface area contributed by atoms with E-state index in [9.17, 15) is 14.7 Å². The van der Waals surface area contributed by atoms with E-state index >= 15 is 0 Å². The molecule has 3 heteroatoms. The minimum Gasteiger partial charge on any atom is -0.393 e. The van der Waals surface area contributed by atoms with Crippen molar-refractivity contribution in [1.29, 1.82) is 0 Å². The van der Waals surface area contributed by atoms with E-state index in [0.29, 0.717) is 30.0 Å². The van der Waals surface area contributed by atoms with Gasteiger partial charge in [-0.25, -0.2) is 0 Å². The monoisotopic (exact) mass is 344 g/mol. The van der Waals surface area contributed by atoms with Crippen molar-refractivity contribution in [1.82, 2.24) is 0 Å². The van der Waals surface area contributed by atoms with Gasteiger partial charge in [0, 0.05) is 12.3 Å². The van der Waals surface area contributed by atoms with Gasteiger partial charge >= 0.3 is 0 Å². The van der Waals surface area contributed by atoms with Crippen LogP contribution < -0.4 is 0 Å². The summed E-state index contributed by atoms with van der Waals surface area (Å²) in [6, 6.07) is 0. The summed E-state index contributed by atoms with van der Waals surface area (Å²) in [5, 5.41) is 11.2. The Kier molecular flexibility index (Phi) is 3.85. The molecule has 3 nitrogen and oxygen atoms in total. The first-order valence-electron chi connectivity index (χ1n) is 10.1. The highest BCUT2D eigenvalue weighted by Gasteiger charge is 2.63. The third kappa shape index (κ3) is 2.27. The molecule has 0 heterocycles. The number of aliphatic hydroxyl groups excluding tert-OH is 1. The molecule has 0 aromatic carbocycles. The zero-order chi connectivity index (χ0) is 18.1. The molecule has 0 spiro atoms. The van der Waals surface area contributed by atoms with E-state index in [1.54, 1.807) is 6.92 Å². The van der Waals surface area contributed by atoms with Crippen LogP contribution in [0.4, 0.5) is 0 Å². The second-order valence-corrected chi connectivity index (χ2v) is 9.93. The lowest BCUT2D eigenvalue weighted by Gasteiger charge is -2.61. The van der Waals surface area contributed by atoms with E-state index in [0.717, 1.165) is 32.1 Å². The first kappa shape index (κ1) is 17.5. The highest BCUT2D eigenvalue weighted by atomic mass is 16.3. The van der Waals surface area contributed by atoms with Gasteiger partial charge < -0.3 is 5.11 Å². The number of ketones is 2. The summed E-state index contributed by atoms with van der Waals surface area (Å²) in [5.74, 6) is 2.33. The molecule has 3 saturated carbocycles. The number of hydrogen-bond donors (Lipinski definition) is 1. The summed E-state index contributed by atoms with van der Waals surface area (Å²) in [6.07, 6.45) is 6.93. The first-order valence-corrected chi connectivity index (χ1v) is 10.1. The number of rotatable bonds is 1. The highest BCUT2D eigenvalue weighted by Crippen LogP contribution is 2.67. The van der Waals surface area contributed by atoms with Crippen LogP contribution in [0, 0.1) is 40.4 Å². The molecule has 0 amide bonds. The lowest BCUT2D eigenvalue weighted by Crippen LogP contribution is -2.58. The van der Waals surface area contributed by atoms with E-state index in [4.69, 9.17) is 0 Å². The summed E-state index contributed by atoms with van der Waals surface area (Å²) >= 11 is 0. The van der Waals surface area contributed by atoms with Crippen LogP contribution in [0.15, 0.2) is 11.6 Å². The quantitative estimate of drug-likeness (QED) is 0.784. The van der Waals surface area contributed by atoms with Crippen molar-refractivity contribution in [3.63, 3.8) is 0 Å². The SMILES string of the molecule is CC(=O)[C@H]1CC[C@H]2[C@@H]3CC(C)C4=CC(=O)CC[C@]4(C)[C@H]3C(O)C[C@]12C. The van der Waals surface area contributed by atoms with Crippen LogP contribution in [-0.4, -0.2) is 22.8 Å². The maximum atomic E-state index is 12.2. The van der Waals surface area contributed by atoms with Gasteiger partial charge in [0.25, 0.3) is 0 Å². The molecular weight excluding hydrogens is 312 g/mol. The molecule has 0 aromatic heterocycles. The van der Waals surface area contributed by atoms with Crippen LogP contribution >= 0.6 is 0 Å². The van der Waals surface area contributed by atoms with Crippen LogP contribution in [0.25, 0.3) is 0 Å². The Hall–Kier alpha value is -0.960. The number of carbonyl (C=O) groups excluding carboxylic acids is 2. The second kappa shape index (κ2) is 5.52. The third-order valence-electron chi connectivity index (χ3n) is 8.70. The van der Waals surface area contributed by atoms with Gasteiger partial charge in [0.1, 0.15) is 5.78 Å². The summed E-state index contributed by atoms with van der Waals surface area (Å²) < 4.78 is 0.